The quantitative estimate of drug-likeness (QED) is 0.196. The van der Waals surface area contributed by atoms with Crippen molar-refractivity contribution in [2.45, 2.75) is 40.0 Å². The van der Waals surface area contributed by atoms with Crippen molar-refractivity contribution in [3.63, 3.8) is 0 Å². The predicted molar refractivity (Wildman–Crippen MR) is 181 cm³/mol. The van der Waals surface area contributed by atoms with Gasteiger partial charge in [-0.3, -0.25) is 0 Å². The molecule has 0 nitrogen and oxygen atoms in total. The van der Waals surface area contributed by atoms with Gasteiger partial charge in [0.15, 0.2) is 0 Å². The van der Waals surface area contributed by atoms with Crippen LogP contribution < -0.4 is 0 Å². The van der Waals surface area contributed by atoms with Crippen molar-refractivity contribution in [3.8, 4) is 55.6 Å². The summed E-state index contributed by atoms with van der Waals surface area (Å²) in [6.07, 6.45) is 0. The van der Waals surface area contributed by atoms with Crippen LogP contribution in [0.1, 0.15) is 37.5 Å². The lowest BCUT2D eigenvalue weighted by atomic mass is 9.85. The van der Waals surface area contributed by atoms with Crippen LogP contribution in [0, 0.1) is 13.8 Å². The molecule has 0 aliphatic heterocycles. The average Bonchev–Trinajstić information content (AvgIpc) is 3.51. The number of fused-ring (bicyclic) bond motifs is 7. The molecule has 0 fully saturated rings. The number of rotatable bonds is 1. The van der Waals surface area contributed by atoms with E-state index in [-0.39, 0.29) is 5.41 Å². The summed E-state index contributed by atoms with van der Waals surface area (Å²) in [5.41, 5.74) is 17.9. The molecule has 9 rings (SSSR count). The van der Waals surface area contributed by atoms with Gasteiger partial charge >= 0.3 is 0 Å². The van der Waals surface area contributed by atoms with Crippen LogP contribution in [0.15, 0.2) is 103 Å². The molecular formula is C42H32. The fraction of sp³-hybridized carbons (Fsp3) is 0.143. The summed E-state index contributed by atoms with van der Waals surface area (Å²) in [5, 5.41) is 8.19. The Labute approximate surface area is 247 Å². The Morgan fingerprint density at radius 3 is 1.45 bits per heavy atom. The van der Waals surface area contributed by atoms with Gasteiger partial charge in [-0.15, -0.1) is 0 Å². The largest absolute Gasteiger partial charge is 0.0616 e. The van der Waals surface area contributed by atoms with E-state index in [1.807, 2.05) is 0 Å². The fourth-order valence-electron chi connectivity index (χ4n) is 8.07. The Bertz CT molecular complexity index is 2280. The van der Waals surface area contributed by atoms with E-state index in [1.165, 1.54) is 105 Å². The molecule has 0 unspecified atom stereocenters. The van der Waals surface area contributed by atoms with Crippen molar-refractivity contribution >= 4 is 32.3 Å². The minimum Gasteiger partial charge on any atom is -0.0616 e. The van der Waals surface area contributed by atoms with Crippen molar-refractivity contribution in [3.05, 3.63) is 120 Å². The number of benzene rings is 7. The lowest BCUT2D eigenvalue weighted by molar-refractivity contribution is 0.590. The standard InChI is InChI=1S/C42H32/c1-23-26-10-6-7-11-27(26)24(2)39-36-21-19-29(32-13-9-15-35(38(23)39)41(32)36)28-18-20-34-30-17-16-25(42(3,4)5)22-37(30)33-14-8-12-31(28)40(33)34/h6-22H,1-5H3. The zero-order valence-corrected chi connectivity index (χ0v) is 24.8. The van der Waals surface area contributed by atoms with E-state index in [0.29, 0.717) is 0 Å². The van der Waals surface area contributed by atoms with Gasteiger partial charge in [-0.1, -0.05) is 118 Å². The number of hydrogen-bond acceptors (Lipinski definition) is 0. The molecule has 0 heterocycles. The van der Waals surface area contributed by atoms with E-state index < -0.39 is 0 Å². The van der Waals surface area contributed by atoms with Crippen LogP contribution in [0.2, 0.25) is 0 Å². The van der Waals surface area contributed by atoms with Crippen LogP contribution in [0.4, 0.5) is 0 Å². The third-order valence-corrected chi connectivity index (χ3v) is 10.1. The highest BCUT2D eigenvalue weighted by Gasteiger charge is 2.29. The highest BCUT2D eigenvalue weighted by Crippen LogP contribution is 2.55. The van der Waals surface area contributed by atoms with Crippen LogP contribution in [0.25, 0.3) is 88.0 Å². The molecule has 0 amide bonds. The normalized spacial score (nSPS) is 12.9. The molecule has 0 heteroatoms. The van der Waals surface area contributed by atoms with Gasteiger partial charge < -0.3 is 0 Å². The molecule has 0 saturated carbocycles. The van der Waals surface area contributed by atoms with E-state index in [4.69, 9.17) is 0 Å². The molecule has 42 heavy (non-hydrogen) atoms. The van der Waals surface area contributed by atoms with Crippen molar-refractivity contribution in [2.24, 2.45) is 0 Å². The first kappa shape index (κ1) is 24.0. The van der Waals surface area contributed by atoms with Crippen LogP contribution >= 0.6 is 0 Å². The predicted octanol–water partition coefficient (Wildman–Crippen LogP) is 12.0. The molecule has 7 aromatic rings. The zero-order chi connectivity index (χ0) is 28.5. The lowest BCUT2D eigenvalue weighted by Gasteiger charge is -2.20. The van der Waals surface area contributed by atoms with Gasteiger partial charge in [0.25, 0.3) is 0 Å². The molecule has 2 aliphatic carbocycles. The molecule has 0 bridgehead atoms. The third-order valence-electron chi connectivity index (χ3n) is 10.1. The van der Waals surface area contributed by atoms with Gasteiger partial charge in [0.05, 0.1) is 0 Å². The van der Waals surface area contributed by atoms with E-state index in [9.17, 15) is 0 Å². The number of aryl methyl sites for hydroxylation is 2. The summed E-state index contributed by atoms with van der Waals surface area (Å²) in [6, 6.07) is 39.3. The first-order chi connectivity index (χ1) is 20.3. The minimum atomic E-state index is 0.119. The second-order valence-corrected chi connectivity index (χ2v) is 13.3. The van der Waals surface area contributed by atoms with Crippen LogP contribution in [0.5, 0.6) is 0 Å². The molecule has 7 aromatic carbocycles. The third kappa shape index (κ3) is 2.92. The highest BCUT2D eigenvalue weighted by molar-refractivity contribution is 6.25. The summed E-state index contributed by atoms with van der Waals surface area (Å²) < 4.78 is 0. The van der Waals surface area contributed by atoms with Gasteiger partial charge in [0.1, 0.15) is 0 Å². The Morgan fingerprint density at radius 1 is 0.381 bits per heavy atom. The van der Waals surface area contributed by atoms with Crippen molar-refractivity contribution in [1.82, 2.24) is 0 Å². The first-order valence-corrected chi connectivity index (χ1v) is 15.1. The molecule has 200 valence electrons. The Balaban J connectivity index is 1.31. The first-order valence-electron chi connectivity index (χ1n) is 15.1. The van der Waals surface area contributed by atoms with E-state index in [2.05, 4.69) is 138 Å². The van der Waals surface area contributed by atoms with Crippen molar-refractivity contribution < 1.29 is 0 Å². The molecule has 0 saturated heterocycles. The smallest absolute Gasteiger partial charge is 0.00199 e. The van der Waals surface area contributed by atoms with Gasteiger partial charge in [-0.2, -0.15) is 0 Å². The van der Waals surface area contributed by atoms with Crippen LogP contribution in [-0.4, -0.2) is 0 Å². The monoisotopic (exact) mass is 536 g/mol. The molecule has 0 aromatic heterocycles. The lowest BCUT2D eigenvalue weighted by Crippen LogP contribution is -2.10. The summed E-state index contributed by atoms with van der Waals surface area (Å²) in [5.74, 6) is 0. The van der Waals surface area contributed by atoms with E-state index >= 15 is 0 Å². The second-order valence-electron chi connectivity index (χ2n) is 13.3. The SMILES string of the molecule is Cc1c2c(c(C)c3ccccc13)-c1ccc(-c3ccc4c5c(cccc35)-c3cc(C(C)(C)C)ccc3-4)c3cccc-2c13. The summed E-state index contributed by atoms with van der Waals surface area (Å²) in [6.45, 7) is 11.5. The maximum atomic E-state index is 2.43. The van der Waals surface area contributed by atoms with Gasteiger partial charge in [-0.05, 0) is 130 Å². The summed E-state index contributed by atoms with van der Waals surface area (Å²) in [4.78, 5) is 0. The minimum absolute atomic E-state index is 0.119. The Hall–Kier alpha value is -4.68. The molecule has 2 aliphatic rings. The maximum absolute atomic E-state index is 2.43. The fourth-order valence-corrected chi connectivity index (χ4v) is 8.07. The molecular weight excluding hydrogens is 504 g/mol. The molecule has 0 spiro atoms. The number of hydrogen-bond donors (Lipinski definition) is 0. The zero-order valence-electron chi connectivity index (χ0n) is 24.8. The van der Waals surface area contributed by atoms with Crippen molar-refractivity contribution in [2.75, 3.05) is 0 Å². The van der Waals surface area contributed by atoms with Gasteiger partial charge in [-0.25, -0.2) is 0 Å². The molecule has 0 atom stereocenters. The summed E-state index contributed by atoms with van der Waals surface area (Å²) in [7, 11) is 0. The molecule has 0 radical (unpaired) electrons. The van der Waals surface area contributed by atoms with Crippen molar-refractivity contribution in [1.29, 1.82) is 0 Å². The van der Waals surface area contributed by atoms with Crippen LogP contribution in [0.3, 0.4) is 0 Å². The topological polar surface area (TPSA) is 0 Å². The van der Waals surface area contributed by atoms with Gasteiger partial charge in [0.2, 0.25) is 0 Å². The highest BCUT2D eigenvalue weighted by atomic mass is 14.3. The van der Waals surface area contributed by atoms with E-state index in [0.717, 1.165) is 0 Å². The second kappa shape index (κ2) is 7.99. The molecule has 0 N–H and O–H groups in total. The maximum Gasteiger partial charge on any atom is -0.00199 e. The van der Waals surface area contributed by atoms with E-state index in [1.54, 1.807) is 0 Å². The van der Waals surface area contributed by atoms with Crippen LogP contribution in [-0.2, 0) is 5.41 Å². The Kier molecular flexibility index (Phi) is 4.56. The van der Waals surface area contributed by atoms with Gasteiger partial charge in [0, 0.05) is 0 Å². The average molecular weight is 537 g/mol. The Morgan fingerprint density at radius 2 is 0.833 bits per heavy atom. The summed E-state index contributed by atoms with van der Waals surface area (Å²) >= 11 is 0.